The number of nitrogens with two attached hydrogens (primary N) is 1. The Labute approximate surface area is 120 Å². The van der Waals surface area contributed by atoms with Gasteiger partial charge in [-0.1, -0.05) is 19.3 Å². The maximum absolute atomic E-state index is 12.6. The summed E-state index contributed by atoms with van der Waals surface area (Å²) >= 11 is 0. The van der Waals surface area contributed by atoms with E-state index in [1.807, 2.05) is 6.92 Å². The van der Waals surface area contributed by atoms with Crippen molar-refractivity contribution in [2.75, 3.05) is 12.8 Å². The first kappa shape index (κ1) is 15.1. The lowest BCUT2D eigenvalue weighted by Gasteiger charge is -2.34. The third kappa shape index (κ3) is 3.24. The van der Waals surface area contributed by atoms with Crippen molar-refractivity contribution in [3.63, 3.8) is 0 Å². The Morgan fingerprint density at radius 1 is 1.25 bits per heavy atom. The van der Waals surface area contributed by atoms with E-state index in [9.17, 15) is 8.42 Å². The third-order valence-corrected chi connectivity index (χ3v) is 5.49. The minimum absolute atomic E-state index is 0.140. The summed E-state index contributed by atoms with van der Waals surface area (Å²) in [6, 6.07) is 4.58. The molecular weight excluding hydrogens is 276 g/mol. The van der Waals surface area contributed by atoms with Gasteiger partial charge in [0.15, 0.2) is 0 Å². The topological polar surface area (TPSA) is 81.4 Å². The minimum Gasteiger partial charge on any atom is -0.495 e. The van der Waals surface area contributed by atoms with Crippen LogP contribution in [0.4, 0.5) is 5.69 Å². The Morgan fingerprint density at radius 3 is 2.50 bits per heavy atom. The molecular formula is C14H22N2O3S. The smallest absolute Gasteiger partial charge is 0.244 e. The van der Waals surface area contributed by atoms with Gasteiger partial charge in [-0.25, -0.2) is 13.1 Å². The van der Waals surface area contributed by atoms with Gasteiger partial charge >= 0.3 is 0 Å². The van der Waals surface area contributed by atoms with Gasteiger partial charge in [0, 0.05) is 17.3 Å². The monoisotopic (exact) mass is 298 g/mol. The molecule has 112 valence electrons. The van der Waals surface area contributed by atoms with Crippen LogP contribution in [0, 0.1) is 0 Å². The van der Waals surface area contributed by atoms with E-state index in [-0.39, 0.29) is 16.2 Å². The lowest BCUT2D eigenvalue weighted by Crippen LogP contribution is -2.47. The van der Waals surface area contributed by atoms with Crippen LogP contribution in [0.25, 0.3) is 0 Å². The van der Waals surface area contributed by atoms with Gasteiger partial charge in [0.25, 0.3) is 0 Å². The second-order valence-electron chi connectivity index (χ2n) is 5.64. The zero-order valence-corrected chi connectivity index (χ0v) is 12.8. The second-order valence-corrected chi connectivity index (χ2v) is 7.29. The molecule has 1 aliphatic rings. The second kappa shape index (κ2) is 5.61. The van der Waals surface area contributed by atoms with E-state index in [2.05, 4.69) is 4.72 Å². The minimum atomic E-state index is -3.61. The van der Waals surface area contributed by atoms with Crippen LogP contribution in [-0.4, -0.2) is 21.1 Å². The normalized spacial score (nSPS) is 18.7. The molecule has 1 aliphatic carbocycles. The number of benzene rings is 1. The van der Waals surface area contributed by atoms with Crippen molar-refractivity contribution in [2.24, 2.45) is 0 Å². The summed E-state index contributed by atoms with van der Waals surface area (Å²) in [7, 11) is -2.17. The molecule has 0 spiro atoms. The van der Waals surface area contributed by atoms with Gasteiger partial charge in [-0.2, -0.15) is 0 Å². The predicted molar refractivity (Wildman–Crippen MR) is 79.2 cm³/mol. The lowest BCUT2D eigenvalue weighted by molar-refractivity contribution is 0.293. The molecule has 0 aliphatic heterocycles. The molecule has 0 radical (unpaired) electrons. The third-order valence-electron chi connectivity index (χ3n) is 3.82. The molecule has 3 N–H and O–H groups in total. The van der Waals surface area contributed by atoms with Crippen molar-refractivity contribution in [3.05, 3.63) is 18.2 Å². The van der Waals surface area contributed by atoms with Gasteiger partial charge in [0.2, 0.25) is 10.0 Å². The number of sulfonamides is 1. The Hall–Kier alpha value is -1.27. The first-order valence-corrected chi connectivity index (χ1v) is 8.32. The van der Waals surface area contributed by atoms with E-state index < -0.39 is 10.0 Å². The Morgan fingerprint density at radius 2 is 1.90 bits per heavy atom. The van der Waals surface area contributed by atoms with Crippen molar-refractivity contribution in [2.45, 2.75) is 49.5 Å². The zero-order valence-electron chi connectivity index (χ0n) is 12.0. The number of methoxy groups -OCH3 is 1. The van der Waals surface area contributed by atoms with Crippen molar-refractivity contribution in [1.29, 1.82) is 0 Å². The van der Waals surface area contributed by atoms with Crippen LogP contribution in [0.3, 0.4) is 0 Å². The van der Waals surface area contributed by atoms with Crippen molar-refractivity contribution < 1.29 is 13.2 Å². The number of anilines is 1. The summed E-state index contributed by atoms with van der Waals surface area (Å²) in [5, 5.41) is 0. The van der Waals surface area contributed by atoms with Crippen LogP contribution in [0.5, 0.6) is 5.75 Å². The molecule has 2 rings (SSSR count). The zero-order chi connectivity index (χ0) is 14.8. The van der Waals surface area contributed by atoms with Crippen LogP contribution in [0.2, 0.25) is 0 Å². The summed E-state index contributed by atoms with van der Waals surface area (Å²) in [6.45, 7) is 1.97. The molecule has 5 nitrogen and oxygen atoms in total. The summed E-state index contributed by atoms with van der Waals surface area (Å²) in [5.41, 5.74) is 5.77. The number of nitrogens with one attached hydrogen (secondary N) is 1. The summed E-state index contributed by atoms with van der Waals surface area (Å²) in [6.07, 6.45) is 5.01. The fourth-order valence-corrected chi connectivity index (χ4v) is 4.34. The van der Waals surface area contributed by atoms with Crippen LogP contribution in [0.15, 0.2) is 23.1 Å². The number of ether oxygens (including phenoxy) is 1. The summed E-state index contributed by atoms with van der Waals surface area (Å²) in [4.78, 5) is 0.140. The average Bonchev–Trinajstić information content (AvgIpc) is 2.37. The number of hydrogen-bond acceptors (Lipinski definition) is 4. The number of hydrogen-bond donors (Lipinski definition) is 2. The van der Waals surface area contributed by atoms with Crippen LogP contribution in [-0.2, 0) is 10.0 Å². The van der Waals surface area contributed by atoms with Crippen LogP contribution >= 0.6 is 0 Å². The van der Waals surface area contributed by atoms with Gasteiger partial charge in [-0.05, 0) is 31.9 Å². The quantitative estimate of drug-likeness (QED) is 0.836. The molecule has 0 amide bonds. The molecule has 1 aromatic carbocycles. The molecule has 0 heterocycles. The van der Waals surface area contributed by atoms with E-state index in [4.69, 9.17) is 10.5 Å². The largest absolute Gasteiger partial charge is 0.495 e. The maximum Gasteiger partial charge on any atom is 0.244 e. The first-order valence-electron chi connectivity index (χ1n) is 6.84. The Kier molecular flexibility index (Phi) is 4.25. The number of nitrogen functional groups attached to an aromatic ring is 1. The molecule has 0 aromatic heterocycles. The van der Waals surface area contributed by atoms with Gasteiger partial charge in [-0.15, -0.1) is 0 Å². The molecule has 0 bridgehead atoms. The highest BCUT2D eigenvalue weighted by Gasteiger charge is 2.33. The predicted octanol–water partition coefficient (Wildman–Crippen LogP) is 2.28. The molecule has 0 unspecified atom stereocenters. The molecule has 0 saturated heterocycles. The Balaban J connectivity index is 2.30. The fraction of sp³-hybridized carbons (Fsp3) is 0.571. The summed E-state index contributed by atoms with van der Waals surface area (Å²) < 4.78 is 33.1. The fourth-order valence-electron chi connectivity index (χ4n) is 2.72. The molecule has 6 heteroatoms. The Bertz CT molecular complexity index is 578. The van der Waals surface area contributed by atoms with E-state index in [1.165, 1.54) is 25.7 Å². The lowest BCUT2D eigenvalue weighted by atomic mass is 9.84. The van der Waals surface area contributed by atoms with Gasteiger partial charge < -0.3 is 10.5 Å². The van der Waals surface area contributed by atoms with Gasteiger partial charge in [0.1, 0.15) is 10.6 Å². The van der Waals surface area contributed by atoms with Gasteiger partial charge in [0.05, 0.1) is 7.11 Å². The molecule has 20 heavy (non-hydrogen) atoms. The van der Waals surface area contributed by atoms with Crippen molar-refractivity contribution in [1.82, 2.24) is 4.72 Å². The maximum atomic E-state index is 12.6. The van der Waals surface area contributed by atoms with E-state index >= 15 is 0 Å². The van der Waals surface area contributed by atoms with Crippen molar-refractivity contribution in [3.8, 4) is 5.75 Å². The van der Waals surface area contributed by atoms with Crippen LogP contribution < -0.4 is 15.2 Å². The highest BCUT2D eigenvalue weighted by atomic mass is 32.2. The number of rotatable bonds is 4. The van der Waals surface area contributed by atoms with Gasteiger partial charge in [-0.3, -0.25) is 0 Å². The SMILES string of the molecule is COc1cc(N)ccc1S(=O)(=O)NC1(C)CCCCC1. The van der Waals surface area contributed by atoms with E-state index in [0.29, 0.717) is 5.69 Å². The highest BCUT2D eigenvalue weighted by molar-refractivity contribution is 7.89. The molecule has 0 atom stereocenters. The summed E-state index contributed by atoms with van der Waals surface area (Å²) in [5.74, 6) is 0.275. The van der Waals surface area contributed by atoms with Crippen molar-refractivity contribution >= 4 is 15.7 Å². The van der Waals surface area contributed by atoms with Crippen LogP contribution in [0.1, 0.15) is 39.0 Å². The molecule has 1 saturated carbocycles. The average molecular weight is 298 g/mol. The van der Waals surface area contributed by atoms with E-state index in [1.54, 1.807) is 6.07 Å². The first-order chi connectivity index (χ1) is 9.36. The molecule has 1 fully saturated rings. The highest BCUT2D eigenvalue weighted by Crippen LogP contribution is 2.32. The van der Waals surface area contributed by atoms with E-state index in [0.717, 1.165) is 25.7 Å². The molecule has 1 aromatic rings. The standard InChI is InChI=1S/C14H22N2O3S/c1-14(8-4-3-5-9-14)16-20(17,18)13-7-6-11(15)10-12(13)19-2/h6-7,10,16H,3-5,8-9,15H2,1-2H3.